The zero-order valence-electron chi connectivity index (χ0n) is 22.7. The third kappa shape index (κ3) is 5.14. The van der Waals surface area contributed by atoms with Crippen molar-refractivity contribution in [1.82, 2.24) is 24.2 Å². The Hall–Kier alpha value is -3.76. The maximum Gasteiger partial charge on any atom is 0.272 e. The van der Waals surface area contributed by atoms with Crippen LogP contribution in [-0.2, 0) is 23.0 Å². The van der Waals surface area contributed by atoms with Gasteiger partial charge < -0.3 is 10.1 Å². The number of hydrogen-bond donors (Lipinski definition) is 1. The molecule has 9 nitrogen and oxygen atoms in total. The van der Waals surface area contributed by atoms with Gasteiger partial charge in [0.05, 0.1) is 12.7 Å². The first-order chi connectivity index (χ1) is 18.7. The second kappa shape index (κ2) is 10.8. The van der Waals surface area contributed by atoms with Crippen molar-refractivity contribution < 1.29 is 17.9 Å². The second-order valence-corrected chi connectivity index (χ2v) is 11.7. The topological polar surface area (TPSA) is 106 Å². The van der Waals surface area contributed by atoms with E-state index in [4.69, 9.17) is 9.72 Å². The van der Waals surface area contributed by atoms with Gasteiger partial charge in [0.1, 0.15) is 10.6 Å². The molecule has 0 spiro atoms. The van der Waals surface area contributed by atoms with Crippen LogP contribution in [0.2, 0.25) is 0 Å². The lowest BCUT2D eigenvalue weighted by Gasteiger charge is -2.18. The summed E-state index contributed by atoms with van der Waals surface area (Å²) in [4.78, 5) is 18.3. The second-order valence-electron chi connectivity index (χ2n) is 9.83. The number of benzene rings is 2. The Morgan fingerprint density at radius 3 is 2.38 bits per heavy atom. The number of ether oxygens (including phenoxy) is 1. The van der Waals surface area contributed by atoms with Crippen LogP contribution in [0.3, 0.4) is 0 Å². The molecule has 0 unspecified atom stereocenters. The fourth-order valence-electron chi connectivity index (χ4n) is 5.01. The zero-order chi connectivity index (χ0) is 27.7. The minimum absolute atomic E-state index is 0.0653. The lowest BCUT2D eigenvalue weighted by atomic mass is 10.0. The van der Waals surface area contributed by atoms with Gasteiger partial charge in [-0.25, -0.2) is 17.9 Å². The van der Waals surface area contributed by atoms with E-state index in [2.05, 4.69) is 17.3 Å². The summed E-state index contributed by atoms with van der Waals surface area (Å²) >= 11 is 0. The number of carbonyl (C=O) groups excluding carboxylic acids is 1. The van der Waals surface area contributed by atoms with Gasteiger partial charge >= 0.3 is 0 Å². The summed E-state index contributed by atoms with van der Waals surface area (Å²) < 4.78 is 35.7. The molecule has 0 radical (unpaired) electrons. The molecule has 0 bridgehead atoms. The highest BCUT2D eigenvalue weighted by atomic mass is 32.2. The Morgan fingerprint density at radius 1 is 1.03 bits per heavy atom. The van der Waals surface area contributed by atoms with Crippen LogP contribution in [0.25, 0.3) is 16.8 Å². The van der Waals surface area contributed by atoms with Gasteiger partial charge in [0, 0.05) is 31.0 Å². The van der Waals surface area contributed by atoms with Gasteiger partial charge in [-0.2, -0.15) is 9.40 Å². The van der Waals surface area contributed by atoms with E-state index in [0.717, 1.165) is 36.2 Å². The van der Waals surface area contributed by atoms with Crippen LogP contribution < -0.4 is 10.1 Å². The van der Waals surface area contributed by atoms with Crippen LogP contribution in [0.5, 0.6) is 5.75 Å². The molecule has 1 fully saturated rings. The molecular formula is C29H33N5O4S. The highest BCUT2D eigenvalue weighted by molar-refractivity contribution is 7.89. The fourth-order valence-corrected chi connectivity index (χ4v) is 6.70. The lowest BCUT2D eigenvalue weighted by Crippen LogP contribution is -2.28. The van der Waals surface area contributed by atoms with E-state index in [1.165, 1.54) is 17.0 Å². The Labute approximate surface area is 228 Å². The van der Waals surface area contributed by atoms with E-state index < -0.39 is 10.0 Å². The van der Waals surface area contributed by atoms with Gasteiger partial charge in [0.15, 0.2) is 11.3 Å². The molecule has 1 aliphatic heterocycles. The molecule has 2 aromatic carbocycles. The maximum atomic E-state index is 13.6. The van der Waals surface area contributed by atoms with E-state index in [0.29, 0.717) is 36.4 Å². The molecule has 0 saturated carbocycles. The average molecular weight is 548 g/mol. The zero-order valence-corrected chi connectivity index (χ0v) is 23.5. The minimum Gasteiger partial charge on any atom is -0.495 e. The van der Waals surface area contributed by atoms with Gasteiger partial charge in [-0.1, -0.05) is 37.3 Å². The molecular weight excluding hydrogens is 514 g/mol. The van der Waals surface area contributed by atoms with Crippen LogP contribution in [0.1, 0.15) is 52.8 Å². The first-order valence-corrected chi connectivity index (χ1v) is 14.6. The number of nitrogens with zero attached hydrogens (tertiary/aromatic N) is 4. The molecule has 0 aliphatic carbocycles. The average Bonchev–Trinajstić information content (AvgIpc) is 3.61. The minimum atomic E-state index is -3.79. The lowest BCUT2D eigenvalue weighted by molar-refractivity contribution is 0.0946. The number of carbonyl (C=O) groups is 1. The van der Waals surface area contributed by atoms with Crippen LogP contribution in [0, 0.1) is 13.8 Å². The van der Waals surface area contributed by atoms with Crippen LogP contribution in [0.15, 0.2) is 53.4 Å². The van der Waals surface area contributed by atoms with Gasteiger partial charge in [-0.05, 0) is 68.0 Å². The summed E-state index contributed by atoms with van der Waals surface area (Å²) in [7, 11) is -2.34. The summed E-state index contributed by atoms with van der Waals surface area (Å²) in [6.07, 6.45) is 2.59. The van der Waals surface area contributed by atoms with Crippen LogP contribution in [0.4, 0.5) is 0 Å². The van der Waals surface area contributed by atoms with E-state index >= 15 is 0 Å². The summed E-state index contributed by atoms with van der Waals surface area (Å²) in [5, 5.41) is 7.61. The molecule has 2 aromatic heterocycles. The Morgan fingerprint density at radius 2 is 1.72 bits per heavy atom. The molecule has 0 atom stereocenters. The number of amides is 1. The normalized spacial score (nSPS) is 14.2. The van der Waals surface area contributed by atoms with Crippen molar-refractivity contribution in [2.75, 3.05) is 20.2 Å². The SMILES string of the molecule is CCc1ccc(CNC(=O)c2nn3c(C)cc(C)nc3c2-c2ccc(OC)c(S(=O)(=O)N3CCCC3)c2)cc1. The molecule has 1 N–H and O–H groups in total. The van der Waals surface area contributed by atoms with Crippen LogP contribution >= 0.6 is 0 Å². The van der Waals surface area contributed by atoms with Crippen molar-refractivity contribution in [2.45, 2.75) is 51.5 Å². The van der Waals surface area contributed by atoms with Crippen molar-refractivity contribution in [3.8, 4) is 16.9 Å². The first kappa shape index (κ1) is 26.8. The molecule has 10 heteroatoms. The highest BCUT2D eigenvalue weighted by Gasteiger charge is 2.31. The molecule has 3 heterocycles. The molecule has 39 heavy (non-hydrogen) atoms. The molecule has 5 rings (SSSR count). The predicted molar refractivity (Wildman–Crippen MR) is 149 cm³/mol. The fraction of sp³-hybridized carbons (Fsp3) is 0.345. The molecule has 1 amide bonds. The largest absolute Gasteiger partial charge is 0.495 e. The number of sulfonamides is 1. The standard InChI is InChI=1S/C29H33N5O4S/c1-5-21-8-10-22(11-9-21)18-30-29(35)27-26(28-31-19(2)16-20(3)34(28)32-27)23-12-13-24(38-4)25(17-23)39(36,37)33-14-6-7-15-33/h8-13,16-17H,5-7,14-15,18H2,1-4H3,(H,30,35). The summed E-state index contributed by atoms with van der Waals surface area (Å²) in [6, 6.07) is 14.9. The highest BCUT2D eigenvalue weighted by Crippen LogP contribution is 2.36. The monoisotopic (exact) mass is 547 g/mol. The van der Waals surface area contributed by atoms with Crippen LogP contribution in [-0.4, -0.2) is 53.4 Å². The summed E-state index contributed by atoms with van der Waals surface area (Å²) in [5.74, 6) is -0.115. The quantitative estimate of drug-likeness (QED) is 0.353. The smallest absolute Gasteiger partial charge is 0.272 e. The molecule has 1 saturated heterocycles. The Balaban J connectivity index is 1.60. The maximum absolute atomic E-state index is 13.6. The number of aryl methyl sites for hydroxylation is 3. The third-order valence-corrected chi connectivity index (χ3v) is 9.05. The van der Waals surface area contributed by atoms with Gasteiger partial charge in [0.2, 0.25) is 10.0 Å². The van der Waals surface area contributed by atoms with E-state index in [-0.39, 0.29) is 22.2 Å². The third-order valence-electron chi connectivity index (χ3n) is 7.13. The number of rotatable bonds is 8. The van der Waals surface area contributed by atoms with Crippen molar-refractivity contribution in [2.24, 2.45) is 0 Å². The Kier molecular flexibility index (Phi) is 7.42. The van der Waals surface area contributed by atoms with Crippen molar-refractivity contribution >= 4 is 21.6 Å². The number of fused-ring (bicyclic) bond motifs is 1. The van der Waals surface area contributed by atoms with Crippen molar-refractivity contribution in [3.05, 3.63) is 76.7 Å². The van der Waals surface area contributed by atoms with E-state index in [1.54, 1.807) is 22.7 Å². The van der Waals surface area contributed by atoms with E-state index in [1.807, 2.05) is 44.2 Å². The van der Waals surface area contributed by atoms with Crippen molar-refractivity contribution in [1.29, 1.82) is 0 Å². The molecule has 1 aliphatic rings. The van der Waals surface area contributed by atoms with Gasteiger partial charge in [-0.15, -0.1) is 0 Å². The summed E-state index contributed by atoms with van der Waals surface area (Å²) in [5.41, 5.74) is 5.44. The summed E-state index contributed by atoms with van der Waals surface area (Å²) in [6.45, 7) is 7.14. The number of hydrogen-bond acceptors (Lipinski definition) is 6. The molecule has 204 valence electrons. The first-order valence-electron chi connectivity index (χ1n) is 13.1. The number of nitrogens with one attached hydrogen (secondary N) is 1. The number of aromatic nitrogens is 3. The number of methoxy groups -OCH3 is 1. The van der Waals surface area contributed by atoms with Crippen molar-refractivity contribution in [3.63, 3.8) is 0 Å². The Bertz CT molecular complexity index is 1640. The van der Waals surface area contributed by atoms with Gasteiger partial charge in [-0.3, -0.25) is 4.79 Å². The van der Waals surface area contributed by atoms with E-state index in [9.17, 15) is 13.2 Å². The van der Waals surface area contributed by atoms with Gasteiger partial charge in [0.25, 0.3) is 5.91 Å². The molecule has 4 aromatic rings. The predicted octanol–water partition coefficient (Wildman–Crippen LogP) is 4.30.